The molecule has 1 unspecified atom stereocenters. The van der Waals surface area contributed by atoms with E-state index >= 15 is 0 Å². The predicted molar refractivity (Wildman–Crippen MR) is 225 cm³/mol. The first-order chi connectivity index (χ1) is 25.8. The van der Waals surface area contributed by atoms with Crippen molar-refractivity contribution in [3.8, 4) is 11.1 Å². The lowest BCUT2D eigenvalue weighted by Gasteiger charge is -2.23. The molecule has 10 rings (SSSR count). The Balaban J connectivity index is 1.24. The van der Waals surface area contributed by atoms with Crippen LogP contribution in [0.15, 0.2) is 194 Å². The molecule has 2 aromatic heterocycles. The summed E-state index contributed by atoms with van der Waals surface area (Å²) < 4.78 is 5.32. The Morgan fingerprint density at radius 1 is 0.288 bits per heavy atom. The average molecular weight is 699 g/mol. The Morgan fingerprint density at radius 2 is 0.731 bits per heavy atom. The van der Waals surface area contributed by atoms with E-state index in [1.165, 1.54) is 84.9 Å². The second-order valence-corrected chi connectivity index (χ2v) is 15.7. The van der Waals surface area contributed by atoms with E-state index in [0.717, 1.165) is 0 Å². The molecule has 0 amide bonds. The average Bonchev–Trinajstić information content (AvgIpc) is 3.79. The molecule has 0 aliphatic heterocycles. The number of benzene rings is 8. The van der Waals surface area contributed by atoms with Crippen LogP contribution in [0.1, 0.15) is 45.2 Å². The number of hydrogen-bond acceptors (Lipinski definition) is 2. The van der Waals surface area contributed by atoms with Crippen molar-refractivity contribution in [3.05, 3.63) is 228 Å². The second kappa shape index (κ2) is 13.1. The minimum absolute atomic E-state index is 0.0364. The van der Waals surface area contributed by atoms with Gasteiger partial charge in [0.25, 0.3) is 0 Å². The zero-order chi connectivity index (χ0) is 34.4. The van der Waals surface area contributed by atoms with Crippen LogP contribution in [0.3, 0.4) is 0 Å². The monoisotopic (exact) mass is 698 g/mol. The summed E-state index contributed by atoms with van der Waals surface area (Å²) in [6.45, 7) is 0. The molecule has 0 radical (unpaired) electrons. The van der Waals surface area contributed by atoms with E-state index in [2.05, 4.69) is 194 Å². The SMILES string of the molecule is c1ccc(-c2ccc(C(c3ccc4sc5ccccc5c4c3)c3cccc4sc5cccc(C(c6ccccc6)c6ccccc6)c5c34)cc2)cc1. The van der Waals surface area contributed by atoms with Crippen LogP contribution in [-0.2, 0) is 0 Å². The third-order valence-corrected chi connectivity index (χ3v) is 12.8. The van der Waals surface area contributed by atoms with Crippen molar-refractivity contribution < 1.29 is 0 Å². The maximum Gasteiger partial charge on any atom is 0.0358 e. The van der Waals surface area contributed by atoms with Crippen molar-refractivity contribution >= 4 is 63.0 Å². The van der Waals surface area contributed by atoms with Gasteiger partial charge in [0.1, 0.15) is 0 Å². The Labute approximate surface area is 311 Å². The first-order valence-electron chi connectivity index (χ1n) is 17.9. The molecule has 0 fully saturated rings. The number of fused-ring (bicyclic) bond motifs is 6. The summed E-state index contributed by atoms with van der Waals surface area (Å²) in [5, 5.41) is 5.39. The topological polar surface area (TPSA) is 0 Å². The maximum absolute atomic E-state index is 2.47. The minimum Gasteiger partial charge on any atom is -0.135 e. The summed E-state index contributed by atoms with van der Waals surface area (Å²) in [6.07, 6.45) is 0. The number of rotatable bonds is 7. The fourth-order valence-corrected chi connectivity index (χ4v) is 10.5. The van der Waals surface area contributed by atoms with Gasteiger partial charge >= 0.3 is 0 Å². The van der Waals surface area contributed by atoms with Crippen LogP contribution >= 0.6 is 22.7 Å². The zero-order valence-corrected chi connectivity index (χ0v) is 30.1. The molecular weight excluding hydrogens is 665 g/mol. The summed E-state index contributed by atoms with van der Waals surface area (Å²) in [4.78, 5) is 0. The summed E-state index contributed by atoms with van der Waals surface area (Å²) in [5.74, 6) is 0.142. The molecule has 2 heteroatoms. The molecule has 0 saturated heterocycles. The first-order valence-corrected chi connectivity index (χ1v) is 19.5. The zero-order valence-electron chi connectivity index (χ0n) is 28.4. The highest BCUT2D eigenvalue weighted by molar-refractivity contribution is 7.26. The van der Waals surface area contributed by atoms with E-state index in [4.69, 9.17) is 0 Å². The van der Waals surface area contributed by atoms with Crippen LogP contribution in [0.5, 0.6) is 0 Å². The van der Waals surface area contributed by atoms with Crippen molar-refractivity contribution in [1.82, 2.24) is 0 Å². The van der Waals surface area contributed by atoms with Crippen molar-refractivity contribution in [3.63, 3.8) is 0 Å². The summed E-state index contributed by atoms with van der Waals surface area (Å²) in [6, 6.07) is 72.0. The Kier molecular flexibility index (Phi) is 7.79. The third-order valence-electron chi connectivity index (χ3n) is 10.6. The minimum atomic E-state index is 0.0364. The van der Waals surface area contributed by atoms with E-state index in [0.29, 0.717) is 0 Å². The molecule has 0 bridgehead atoms. The highest BCUT2D eigenvalue weighted by Gasteiger charge is 2.26. The molecule has 10 aromatic rings. The van der Waals surface area contributed by atoms with E-state index in [1.807, 2.05) is 22.7 Å². The van der Waals surface area contributed by atoms with Gasteiger partial charge in [-0.2, -0.15) is 0 Å². The third kappa shape index (κ3) is 5.35. The fourth-order valence-electron chi connectivity index (χ4n) is 8.22. The van der Waals surface area contributed by atoms with Crippen LogP contribution in [0, 0.1) is 0 Å². The van der Waals surface area contributed by atoms with Gasteiger partial charge in [-0.3, -0.25) is 0 Å². The molecule has 8 aromatic carbocycles. The molecule has 0 saturated carbocycles. The maximum atomic E-state index is 2.47. The molecule has 1 atom stereocenters. The summed E-state index contributed by atoms with van der Waals surface area (Å²) >= 11 is 3.79. The lowest BCUT2D eigenvalue weighted by atomic mass is 9.80. The second-order valence-electron chi connectivity index (χ2n) is 13.6. The van der Waals surface area contributed by atoms with Gasteiger partial charge < -0.3 is 0 Å². The van der Waals surface area contributed by atoms with E-state index in [-0.39, 0.29) is 11.8 Å². The van der Waals surface area contributed by atoms with Gasteiger partial charge in [-0.1, -0.05) is 164 Å². The van der Waals surface area contributed by atoms with E-state index in [9.17, 15) is 0 Å². The number of thiophene rings is 2. The lowest BCUT2D eigenvalue weighted by molar-refractivity contribution is 0.985. The van der Waals surface area contributed by atoms with Gasteiger partial charge in [0.2, 0.25) is 0 Å². The van der Waals surface area contributed by atoms with Crippen molar-refractivity contribution in [2.75, 3.05) is 0 Å². The normalized spacial score (nSPS) is 12.3. The van der Waals surface area contributed by atoms with Gasteiger partial charge in [-0.15, -0.1) is 22.7 Å². The van der Waals surface area contributed by atoms with Gasteiger partial charge in [0.05, 0.1) is 0 Å². The Hall–Kier alpha value is -5.80. The van der Waals surface area contributed by atoms with Crippen LogP contribution in [0.2, 0.25) is 0 Å². The van der Waals surface area contributed by atoms with Crippen LogP contribution in [0.4, 0.5) is 0 Å². The quantitative estimate of drug-likeness (QED) is 0.145. The molecule has 52 heavy (non-hydrogen) atoms. The summed E-state index contributed by atoms with van der Waals surface area (Å²) in [5.41, 5.74) is 10.4. The predicted octanol–water partition coefficient (Wildman–Crippen LogP) is 14.4. The molecular formula is C50H34S2. The van der Waals surface area contributed by atoms with Gasteiger partial charge in [0, 0.05) is 52.2 Å². The Bertz CT molecular complexity index is 2790. The largest absolute Gasteiger partial charge is 0.135 e. The van der Waals surface area contributed by atoms with Gasteiger partial charge in [-0.05, 0) is 74.8 Å². The molecule has 0 aliphatic rings. The first kappa shape index (κ1) is 31.0. The molecule has 0 N–H and O–H groups in total. The van der Waals surface area contributed by atoms with Crippen LogP contribution < -0.4 is 0 Å². The van der Waals surface area contributed by atoms with Gasteiger partial charge in [0.15, 0.2) is 0 Å². The van der Waals surface area contributed by atoms with E-state index in [1.54, 1.807) is 0 Å². The Morgan fingerprint density at radius 3 is 1.37 bits per heavy atom. The molecule has 0 aliphatic carbocycles. The summed E-state index contributed by atoms with van der Waals surface area (Å²) in [7, 11) is 0. The highest BCUT2D eigenvalue weighted by atomic mass is 32.1. The van der Waals surface area contributed by atoms with E-state index < -0.39 is 0 Å². The molecule has 0 spiro atoms. The van der Waals surface area contributed by atoms with Crippen molar-refractivity contribution in [1.29, 1.82) is 0 Å². The highest BCUT2D eigenvalue weighted by Crippen LogP contribution is 2.48. The lowest BCUT2D eigenvalue weighted by Crippen LogP contribution is -2.06. The van der Waals surface area contributed by atoms with Crippen molar-refractivity contribution in [2.24, 2.45) is 0 Å². The number of hydrogen-bond donors (Lipinski definition) is 0. The molecule has 0 nitrogen and oxygen atoms in total. The van der Waals surface area contributed by atoms with Crippen molar-refractivity contribution in [2.45, 2.75) is 11.8 Å². The molecule has 246 valence electrons. The molecule has 2 heterocycles. The van der Waals surface area contributed by atoms with Crippen LogP contribution in [-0.4, -0.2) is 0 Å². The van der Waals surface area contributed by atoms with Gasteiger partial charge in [-0.25, -0.2) is 0 Å². The smallest absolute Gasteiger partial charge is 0.0358 e. The standard InChI is InChI=1S/C50H34S2/c1-4-14-33(15-5-1)34-26-28-37(29-27-34)48(38-30-31-44-42(32-38)39-20-10-11-23-43(39)51-44)41-22-13-25-46-50(41)49-40(21-12-24-45(49)52-46)47(35-16-6-2-7-17-35)36-18-8-3-9-19-36/h1-32,47-48H. The van der Waals surface area contributed by atoms with Crippen LogP contribution in [0.25, 0.3) is 51.5 Å². The fraction of sp³-hybridized carbons (Fsp3) is 0.0400.